The number of aryl methyl sites for hydroxylation is 1. The van der Waals surface area contributed by atoms with Crippen LogP contribution in [0.5, 0.6) is 0 Å². The topological polar surface area (TPSA) is 55.0 Å². The molecule has 4 nitrogen and oxygen atoms in total. The maximum Gasteiger partial charge on any atom is 0.187 e. The van der Waals surface area contributed by atoms with Crippen LogP contribution in [0.1, 0.15) is 32.9 Å². The second-order valence-corrected chi connectivity index (χ2v) is 5.39. The lowest BCUT2D eigenvalue weighted by Gasteiger charge is -2.26. The first-order chi connectivity index (χ1) is 8.95. The smallest absolute Gasteiger partial charge is 0.187 e. The molecule has 0 bridgehead atoms. The van der Waals surface area contributed by atoms with Crippen LogP contribution < -0.4 is 10.6 Å². The van der Waals surface area contributed by atoms with Gasteiger partial charge in [-0.1, -0.05) is 33.0 Å². The van der Waals surface area contributed by atoms with Gasteiger partial charge in [0.25, 0.3) is 0 Å². The molecular formula is C13H21FN4S. The number of hydrogen-bond acceptors (Lipinski definition) is 4. The summed E-state index contributed by atoms with van der Waals surface area (Å²) in [6.07, 6.45) is 2.50. The molecule has 6 heteroatoms. The molecule has 0 amide bonds. The molecule has 1 rings (SSSR count). The molecule has 0 aromatic carbocycles. The Balaban J connectivity index is 2.98. The number of hydrogen-bond donors (Lipinski definition) is 1. The minimum absolute atomic E-state index is 0.339. The van der Waals surface area contributed by atoms with Gasteiger partial charge < -0.3 is 10.6 Å². The normalized spacial score (nSPS) is 10.8. The molecule has 19 heavy (non-hydrogen) atoms. The van der Waals surface area contributed by atoms with Crippen molar-refractivity contribution in [3.05, 3.63) is 17.8 Å². The van der Waals surface area contributed by atoms with E-state index in [9.17, 15) is 4.39 Å². The number of rotatable bonds is 7. The van der Waals surface area contributed by atoms with Gasteiger partial charge in [-0.3, -0.25) is 0 Å². The highest BCUT2D eigenvalue weighted by Crippen LogP contribution is 2.19. The average Bonchev–Trinajstić information content (AvgIpc) is 2.34. The van der Waals surface area contributed by atoms with Crippen molar-refractivity contribution in [1.82, 2.24) is 9.97 Å². The number of aromatic nitrogens is 2. The van der Waals surface area contributed by atoms with Crippen LogP contribution in [0.25, 0.3) is 0 Å². The largest absolute Gasteiger partial charge is 0.393 e. The highest BCUT2D eigenvalue weighted by Gasteiger charge is 2.17. The monoisotopic (exact) mass is 284 g/mol. The molecular weight excluding hydrogens is 263 g/mol. The third-order valence-corrected chi connectivity index (χ3v) is 2.90. The Bertz CT molecular complexity index is 437. The zero-order valence-corrected chi connectivity index (χ0v) is 12.5. The molecule has 0 aliphatic heterocycles. The molecule has 0 saturated carbocycles. The fraction of sp³-hybridized carbons (Fsp3) is 0.615. The van der Waals surface area contributed by atoms with Crippen molar-refractivity contribution in [2.75, 3.05) is 18.0 Å². The van der Waals surface area contributed by atoms with Gasteiger partial charge in [0.1, 0.15) is 6.33 Å². The Labute approximate surface area is 119 Å². The van der Waals surface area contributed by atoms with Crippen LogP contribution in [0.2, 0.25) is 0 Å². The zero-order valence-electron chi connectivity index (χ0n) is 11.7. The number of halogens is 1. The van der Waals surface area contributed by atoms with E-state index in [4.69, 9.17) is 18.0 Å². The van der Waals surface area contributed by atoms with Crippen molar-refractivity contribution >= 4 is 23.0 Å². The summed E-state index contributed by atoms with van der Waals surface area (Å²) in [4.78, 5) is 10.3. The average molecular weight is 284 g/mol. The van der Waals surface area contributed by atoms with Crippen LogP contribution in [-0.4, -0.2) is 28.0 Å². The summed E-state index contributed by atoms with van der Waals surface area (Å²) in [5.74, 6) is 0.399. The molecule has 1 aromatic heterocycles. The minimum atomic E-state index is -0.339. The van der Waals surface area contributed by atoms with Crippen LogP contribution in [0.3, 0.4) is 0 Å². The summed E-state index contributed by atoms with van der Waals surface area (Å²) in [7, 11) is 0. The van der Waals surface area contributed by atoms with E-state index in [2.05, 4.69) is 23.8 Å². The van der Waals surface area contributed by atoms with E-state index in [1.807, 2.05) is 11.8 Å². The number of nitrogens with zero attached hydrogens (tertiary/aromatic N) is 3. The minimum Gasteiger partial charge on any atom is -0.393 e. The predicted octanol–water partition coefficient (Wildman–Crippen LogP) is 2.32. The second kappa shape index (κ2) is 7.33. The van der Waals surface area contributed by atoms with Crippen LogP contribution in [0, 0.1) is 11.7 Å². The number of thiocarbonyl (C=S) groups is 1. The van der Waals surface area contributed by atoms with Crippen LogP contribution >= 0.6 is 12.2 Å². The molecule has 0 aliphatic rings. The van der Waals surface area contributed by atoms with Crippen molar-refractivity contribution < 1.29 is 4.39 Å². The number of nitrogens with two attached hydrogens (primary N) is 1. The van der Waals surface area contributed by atoms with E-state index in [1.54, 1.807) is 0 Å². The molecule has 0 saturated heterocycles. The van der Waals surface area contributed by atoms with Gasteiger partial charge >= 0.3 is 0 Å². The van der Waals surface area contributed by atoms with E-state index in [0.717, 1.165) is 0 Å². The van der Waals surface area contributed by atoms with E-state index >= 15 is 0 Å². The molecule has 106 valence electrons. The Morgan fingerprint density at radius 3 is 2.68 bits per heavy atom. The third kappa shape index (κ3) is 4.70. The second-order valence-electron chi connectivity index (χ2n) is 4.87. The lowest BCUT2D eigenvalue weighted by atomic mass is 10.2. The highest BCUT2D eigenvalue weighted by atomic mass is 32.1. The Morgan fingerprint density at radius 2 is 2.16 bits per heavy atom. The van der Waals surface area contributed by atoms with E-state index in [1.165, 1.54) is 6.33 Å². The van der Waals surface area contributed by atoms with Crippen molar-refractivity contribution in [3.8, 4) is 0 Å². The fourth-order valence-corrected chi connectivity index (χ4v) is 1.92. The van der Waals surface area contributed by atoms with Crippen molar-refractivity contribution in [2.45, 2.75) is 33.6 Å². The van der Waals surface area contributed by atoms with Gasteiger partial charge in [-0.15, -0.1) is 0 Å². The van der Waals surface area contributed by atoms with Gasteiger partial charge in [0, 0.05) is 19.5 Å². The summed E-state index contributed by atoms with van der Waals surface area (Å²) >= 11 is 4.88. The van der Waals surface area contributed by atoms with Gasteiger partial charge in [-0.25, -0.2) is 14.4 Å². The van der Waals surface area contributed by atoms with Crippen molar-refractivity contribution in [1.29, 1.82) is 0 Å². The molecule has 0 atom stereocenters. The molecule has 1 aromatic rings. The first kappa shape index (κ1) is 15.8. The standard InChI is InChI=1S/C13H21FN4S/c1-4-10-12(14)13(17-8-16-10)18(7-9(2)3)6-5-11(15)19/h8-9H,4-7H2,1-3H3,(H2,15,19). The molecule has 0 radical (unpaired) electrons. The molecule has 0 unspecified atom stereocenters. The molecule has 0 spiro atoms. The van der Waals surface area contributed by atoms with Crippen LogP contribution in [-0.2, 0) is 6.42 Å². The molecule has 0 fully saturated rings. The summed E-state index contributed by atoms with van der Waals surface area (Å²) in [6.45, 7) is 7.31. The molecule has 2 N–H and O–H groups in total. The van der Waals surface area contributed by atoms with Gasteiger partial charge in [-0.05, 0) is 12.3 Å². The van der Waals surface area contributed by atoms with Gasteiger partial charge in [0.05, 0.1) is 10.7 Å². The Hall–Kier alpha value is -1.30. The summed E-state index contributed by atoms with van der Waals surface area (Å²) in [5, 5.41) is 0. The molecule has 0 aliphatic carbocycles. The quantitative estimate of drug-likeness (QED) is 0.779. The fourth-order valence-electron chi connectivity index (χ4n) is 1.83. The van der Waals surface area contributed by atoms with Crippen molar-refractivity contribution in [3.63, 3.8) is 0 Å². The molecule has 1 heterocycles. The first-order valence-electron chi connectivity index (χ1n) is 6.48. The van der Waals surface area contributed by atoms with E-state index in [0.29, 0.717) is 48.3 Å². The number of anilines is 1. The lowest BCUT2D eigenvalue weighted by molar-refractivity contribution is 0.560. The predicted molar refractivity (Wildman–Crippen MR) is 79.8 cm³/mol. The maximum absolute atomic E-state index is 14.3. The van der Waals surface area contributed by atoms with Gasteiger partial charge in [0.2, 0.25) is 0 Å². The van der Waals surface area contributed by atoms with Crippen LogP contribution in [0.4, 0.5) is 10.2 Å². The Morgan fingerprint density at radius 1 is 1.47 bits per heavy atom. The van der Waals surface area contributed by atoms with Crippen molar-refractivity contribution in [2.24, 2.45) is 11.7 Å². The van der Waals surface area contributed by atoms with Gasteiger partial charge in [-0.2, -0.15) is 0 Å². The zero-order chi connectivity index (χ0) is 14.4. The summed E-state index contributed by atoms with van der Waals surface area (Å²) in [5.41, 5.74) is 5.96. The lowest BCUT2D eigenvalue weighted by Crippen LogP contribution is -2.32. The maximum atomic E-state index is 14.3. The summed E-state index contributed by atoms with van der Waals surface area (Å²) in [6, 6.07) is 0. The SMILES string of the molecule is CCc1ncnc(N(CCC(N)=S)CC(C)C)c1F. The highest BCUT2D eigenvalue weighted by molar-refractivity contribution is 7.80. The third-order valence-electron chi connectivity index (χ3n) is 2.69. The van der Waals surface area contributed by atoms with E-state index in [-0.39, 0.29) is 5.82 Å². The first-order valence-corrected chi connectivity index (χ1v) is 6.89. The van der Waals surface area contributed by atoms with Crippen LogP contribution in [0.15, 0.2) is 6.33 Å². The van der Waals surface area contributed by atoms with E-state index < -0.39 is 0 Å². The van der Waals surface area contributed by atoms with Gasteiger partial charge in [0.15, 0.2) is 11.6 Å². The summed E-state index contributed by atoms with van der Waals surface area (Å²) < 4.78 is 14.3. The Kier molecular flexibility index (Phi) is 6.08.